The standard InChI is InChI=1S/C21H24F3N3O2/c22-21(23,24)15-6-3-4-7-16(15)26-19(28)13-9-10-14-17(12-13)25-18-8-2-1-5-11-27(18)20(14)29/h9-10,12,15-16H,1-8,11H2,(H,26,28). The zero-order chi connectivity index (χ0) is 20.6. The highest BCUT2D eigenvalue weighted by molar-refractivity contribution is 5.97. The third kappa shape index (κ3) is 4.02. The number of fused-ring (bicyclic) bond motifs is 2. The highest BCUT2D eigenvalue weighted by Gasteiger charge is 2.46. The van der Waals surface area contributed by atoms with Crippen LogP contribution in [0, 0.1) is 5.92 Å². The van der Waals surface area contributed by atoms with Crippen molar-refractivity contribution >= 4 is 16.8 Å². The third-order valence-electron chi connectivity index (χ3n) is 6.08. The monoisotopic (exact) mass is 407 g/mol. The molecule has 1 amide bonds. The number of hydrogen-bond donors (Lipinski definition) is 1. The van der Waals surface area contributed by atoms with Crippen LogP contribution in [0.25, 0.3) is 10.9 Å². The zero-order valence-corrected chi connectivity index (χ0v) is 16.1. The molecule has 1 aromatic carbocycles. The summed E-state index contributed by atoms with van der Waals surface area (Å²) in [5.41, 5.74) is 0.532. The molecule has 2 heterocycles. The lowest BCUT2D eigenvalue weighted by Crippen LogP contribution is -2.47. The summed E-state index contributed by atoms with van der Waals surface area (Å²) in [4.78, 5) is 30.0. The fourth-order valence-corrected chi connectivity index (χ4v) is 4.51. The van der Waals surface area contributed by atoms with Gasteiger partial charge in [0.05, 0.1) is 16.8 Å². The largest absolute Gasteiger partial charge is 0.393 e. The lowest BCUT2D eigenvalue weighted by Gasteiger charge is -2.33. The first-order chi connectivity index (χ1) is 13.8. The Morgan fingerprint density at radius 2 is 1.90 bits per heavy atom. The van der Waals surface area contributed by atoms with Crippen molar-refractivity contribution in [1.29, 1.82) is 0 Å². The molecule has 1 aliphatic carbocycles. The van der Waals surface area contributed by atoms with E-state index in [2.05, 4.69) is 10.3 Å². The van der Waals surface area contributed by atoms with Crippen molar-refractivity contribution in [1.82, 2.24) is 14.9 Å². The summed E-state index contributed by atoms with van der Waals surface area (Å²) in [6.07, 6.45) is 0.848. The molecule has 0 bridgehead atoms. The predicted molar refractivity (Wildman–Crippen MR) is 103 cm³/mol. The molecular formula is C21H24F3N3O2. The quantitative estimate of drug-likeness (QED) is 0.819. The Bertz CT molecular complexity index is 984. The van der Waals surface area contributed by atoms with Crippen LogP contribution in [-0.2, 0) is 13.0 Å². The second-order valence-corrected chi connectivity index (χ2v) is 8.04. The van der Waals surface area contributed by atoms with Gasteiger partial charge in [-0.2, -0.15) is 13.2 Å². The van der Waals surface area contributed by atoms with Crippen LogP contribution in [0.1, 0.15) is 61.1 Å². The fraction of sp³-hybridized carbons (Fsp3) is 0.571. The molecule has 0 radical (unpaired) electrons. The average molecular weight is 407 g/mol. The number of nitrogens with one attached hydrogen (secondary N) is 1. The Labute approximate surface area is 166 Å². The number of benzene rings is 1. The summed E-state index contributed by atoms with van der Waals surface area (Å²) in [5.74, 6) is -1.36. The van der Waals surface area contributed by atoms with Crippen LogP contribution in [0.4, 0.5) is 13.2 Å². The minimum absolute atomic E-state index is 0.0383. The van der Waals surface area contributed by atoms with Crippen molar-refractivity contribution in [2.75, 3.05) is 0 Å². The van der Waals surface area contributed by atoms with E-state index in [9.17, 15) is 22.8 Å². The van der Waals surface area contributed by atoms with E-state index in [1.165, 1.54) is 12.1 Å². The lowest BCUT2D eigenvalue weighted by molar-refractivity contribution is -0.187. The molecule has 8 heteroatoms. The smallest absolute Gasteiger partial charge is 0.349 e. The molecule has 156 valence electrons. The molecule has 1 fully saturated rings. The van der Waals surface area contributed by atoms with Crippen LogP contribution in [0.5, 0.6) is 0 Å². The number of aromatic nitrogens is 2. The van der Waals surface area contributed by atoms with E-state index < -0.39 is 24.0 Å². The summed E-state index contributed by atoms with van der Waals surface area (Å²) < 4.78 is 41.6. The first-order valence-electron chi connectivity index (χ1n) is 10.3. The summed E-state index contributed by atoms with van der Waals surface area (Å²) >= 11 is 0. The van der Waals surface area contributed by atoms with Gasteiger partial charge in [0.15, 0.2) is 0 Å². The number of aryl methyl sites for hydroxylation is 1. The van der Waals surface area contributed by atoms with Gasteiger partial charge in [0.1, 0.15) is 5.82 Å². The molecule has 2 atom stereocenters. The molecule has 4 rings (SSSR count). The maximum Gasteiger partial charge on any atom is 0.393 e. The number of nitrogens with zero attached hydrogens (tertiary/aromatic N) is 2. The molecule has 1 aromatic heterocycles. The van der Waals surface area contributed by atoms with Gasteiger partial charge in [0.2, 0.25) is 0 Å². The highest BCUT2D eigenvalue weighted by Crippen LogP contribution is 2.37. The first kappa shape index (κ1) is 19.9. The molecule has 5 nitrogen and oxygen atoms in total. The van der Waals surface area contributed by atoms with E-state index in [0.717, 1.165) is 19.3 Å². The van der Waals surface area contributed by atoms with Gasteiger partial charge in [0, 0.05) is 24.6 Å². The summed E-state index contributed by atoms with van der Waals surface area (Å²) in [6, 6.07) is 3.65. The van der Waals surface area contributed by atoms with E-state index in [1.54, 1.807) is 10.6 Å². The van der Waals surface area contributed by atoms with Gasteiger partial charge in [-0.25, -0.2) is 4.98 Å². The van der Waals surface area contributed by atoms with Crippen LogP contribution in [-0.4, -0.2) is 27.7 Å². The van der Waals surface area contributed by atoms with Crippen molar-refractivity contribution in [3.63, 3.8) is 0 Å². The van der Waals surface area contributed by atoms with E-state index in [0.29, 0.717) is 49.0 Å². The van der Waals surface area contributed by atoms with Crippen LogP contribution in [0.3, 0.4) is 0 Å². The van der Waals surface area contributed by atoms with E-state index in [4.69, 9.17) is 0 Å². The Hall–Kier alpha value is -2.38. The summed E-state index contributed by atoms with van der Waals surface area (Å²) in [5, 5.41) is 3.00. The molecule has 2 aromatic rings. The number of amides is 1. The van der Waals surface area contributed by atoms with Crippen molar-refractivity contribution in [3.05, 3.63) is 39.9 Å². The van der Waals surface area contributed by atoms with E-state index in [1.807, 2.05) is 0 Å². The maximum absolute atomic E-state index is 13.3. The van der Waals surface area contributed by atoms with E-state index in [-0.39, 0.29) is 17.5 Å². The summed E-state index contributed by atoms with van der Waals surface area (Å²) in [6.45, 7) is 0.639. The SMILES string of the molecule is O=C(NC1CCCCC1C(F)(F)F)c1ccc2c(=O)n3c(nc2c1)CCCCC3. The predicted octanol–water partition coefficient (Wildman–Crippen LogP) is 3.97. The van der Waals surface area contributed by atoms with Gasteiger partial charge in [-0.15, -0.1) is 0 Å². The lowest BCUT2D eigenvalue weighted by atomic mass is 9.84. The van der Waals surface area contributed by atoms with Crippen molar-refractivity contribution < 1.29 is 18.0 Å². The highest BCUT2D eigenvalue weighted by atomic mass is 19.4. The molecule has 29 heavy (non-hydrogen) atoms. The molecule has 1 N–H and O–H groups in total. The van der Waals surface area contributed by atoms with Gasteiger partial charge in [0.25, 0.3) is 11.5 Å². The van der Waals surface area contributed by atoms with Crippen molar-refractivity contribution in [2.24, 2.45) is 5.92 Å². The molecular weight excluding hydrogens is 383 g/mol. The Balaban J connectivity index is 1.62. The minimum Gasteiger partial charge on any atom is -0.349 e. The number of hydrogen-bond acceptors (Lipinski definition) is 3. The second kappa shape index (κ2) is 7.80. The van der Waals surface area contributed by atoms with Gasteiger partial charge in [-0.3, -0.25) is 14.2 Å². The second-order valence-electron chi connectivity index (χ2n) is 8.04. The number of alkyl halides is 3. The number of rotatable bonds is 2. The van der Waals surface area contributed by atoms with Gasteiger partial charge in [-0.1, -0.05) is 19.3 Å². The molecule has 1 saturated carbocycles. The van der Waals surface area contributed by atoms with Crippen LogP contribution in [0.15, 0.2) is 23.0 Å². The molecule has 0 saturated heterocycles. The molecule has 0 spiro atoms. The first-order valence-corrected chi connectivity index (χ1v) is 10.3. The topological polar surface area (TPSA) is 64.0 Å². The minimum atomic E-state index is -4.32. The van der Waals surface area contributed by atoms with Crippen LogP contribution >= 0.6 is 0 Å². The summed E-state index contributed by atoms with van der Waals surface area (Å²) in [7, 11) is 0. The van der Waals surface area contributed by atoms with Crippen LogP contribution < -0.4 is 10.9 Å². The fourth-order valence-electron chi connectivity index (χ4n) is 4.51. The third-order valence-corrected chi connectivity index (χ3v) is 6.08. The molecule has 2 aliphatic rings. The normalized spacial score (nSPS) is 22.7. The van der Waals surface area contributed by atoms with Gasteiger partial charge in [-0.05, 0) is 43.9 Å². The number of carbonyl (C=O) groups excluding carboxylic acids is 1. The Kier molecular flexibility index (Phi) is 5.36. The van der Waals surface area contributed by atoms with Gasteiger partial charge < -0.3 is 5.32 Å². The molecule has 2 unspecified atom stereocenters. The van der Waals surface area contributed by atoms with Crippen molar-refractivity contribution in [3.8, 4) is 0 Å². The van der Waals surface area contributed by atoms with Gasteiger partial charge >= 0.3 is 6.18 Å². The van der Waals surface area contributed by atoms with Crippen LogP contribution in [0.2, 0.25) is 0 Å². The maximum atomic E-state index is 13.3. The Morgan fingerprint density at radius 1 is 1.10 bits per heavy atom. The zero-order valence-electron chi connectivity index (χ0n) is 16.1. The average Bonchev–Trinajstić information content (AvgIpc) is 2.93. The Morgan fingerprint density at radius 3 is 2.69 bits per heavy atom. The van der Waals surface area contributed by atoms with Crippen molar-refractivity contribution in [2.45, 2.75) is 70.1 Å². The number of carbonyl (C=O) groups is 1. The van der Waals surface area contributed by atoms with E-state index >= 15 is 0 Å². The number of halogens is 3. The molecule has 1 aliphatic heterocycles.